The molecule has 0 amide bonds. The van der Waals surface area contributed by atoms with Crippen molar-refractivity contribution < 1.29 is 0 Å². The topological polar surface area (TPSA) is 3.24 Å². The molecule has 1 unspecified atom stereocenters. The van der Waals surface area contributed by atoms with Crippen LogP contribution in [0.25, 0.3) is 0 Å². The second-order valence-electron chi connectivity index (χ2n) is 5.60. The van der Waals surface area contributed by atoms with Gasteiger partial charge in [0, 0.05) is 12.0 Å². The summed E-state index contributed by atoms with van der Waals surface area (Å²) in [6.07, 6.45) is 4.82. The van der Waals surface area contributed by atoms with E-state index in [1.807, 2.05) is 0 Å². The third-order valence-electron chi connectivity index (χ3n) is 4.66. The molecule has 1 nitrogen and oxygen atoms in total. The molecule has 0 saturated heterocycles. The largest absolute Gasteiger partial charge is 0.306 e. The molecule has 18 heavy (non-hydrogen) atoms. The molecule has 0 saturated carbocycles. The number of rotatable bonds is 6. The zero-order valence-corrected chi connectivity index (χ0v) is 13.4. The van der Waals surface area contributed by atoms with Crippen LogP contribution in [0.1, 0.15) is 60.3 Å². The van der Waals surface area contributed by atoms with Crippen molar-refractivity contribution in [3.63, 3.8) is 0 Å². The molecule has 1 aliphatic rings. The van der Waals surface area contributed by atoms with Gasteiger partial charge in [0.15, 0.2) is 0 Å². The fourth-order valence-corrected chi connectivity index (χ4v) is 3.60. The summed E-state index contributed by atoms with van der Waals surface area (Å²) in [7, 11) is 4.42. The van der Waals surface area contributed by atoms with E-state index in [2.05, 4.69) is 53.6 Å². The van der Waals surface area contributed by atoms with Crippen molar-refractivity contribution >= 4 is 0 Å². The highest BCUT2D eigenvalue weighted by atomic mass is 15.1. The van der Waals surface area contributed by atoms with Crippen molar-refractivity contribution in [2.24, 2.45) is 5.92 Å². The Labute approximate surface area is 114 Å². The lowest BCUT2D eigenvalue weighted by Crippen LogP contribution is -2.33. The molecule has 1 atom stereocenters. The fraction of sp³-hybridized carbons (Fsp3) is 0.765. The summed E-state index contributed by atoms with van der Waals surface area (Å²) in [5, 5.41) is 0. The molecular weight excluding hydrogens is 218 g/mol. The molecular formula is C17H31N. The van der Waals surface area contributed by atoms with E-state index in [1.54, 1.807) is 22.3 Å². The zero-order valence-electron chi connectivity index (χ0n) is 13.4. The minimum atomic E-state index is 0.612. The first-order chi connectivity index (χ1) is 8.53. The molecule has 0 aromatic carbocycles. The van der Waals surface area contributed by atoms with Crippen LogP contribution in [0.2, 0.25) is 0 Å². The molecule has 104 valence electrons. The summed E-state index contributed by atoms with van der Waals surface area (Å²) in [5.41, 5.74) is 6.78. The predicted octanol–water partition coefficient (Wildman–Crippen LogP) is 4.80. The second kappa shape index (κ2) is 6.56. The van der Waals surface area contributed by atoms with Gasteiger partial charge in [-0.3, -0.25) is 0 Å². The lowest BCUT2D eigenvalue weighted by atomic mass is 9.85. The van der Waals surface area contributed by atoms with E-state index >= 15 is 0 Å². The summed E-state index contributed by atoms with van der Waals surface area (Å²) in [5.74, 6) is 0.667. The van der Waals surface area contributed by atoms with Crippen molar-refractivity contribution in [2.75, 3.05) is 14.1 Å². The van der Waals surface area contributed by atoms with Gasteiger partial charge in [0.05, 0.1) is 0 Å². The lowest BCUT2D eigenvalue weighted by Gasteiger charge is -2.31. The highest BCUT2D eigenvalue weighted by molar-refractivity contribution is 5.50. The van der Waals surface area contributed by atoms with Gasteiger partial charge in [0.25, 0.3) is 0 Å². The van der Waals surface area contributed by atoms with Gasteiger partial charge < -0.3 is 4.90 Å². The monoisotopic (exact) mass is 249 g/mol. The van der Waals surface area contributed by atoms with Crippen LogP contribution in [-0.2, 0) is 0 Å². The van der Waals surface area contributed by atoms with E-state index in [9.17, 15) is 0 Å². The van der Waals surface area contributed by atoms with Crippen LogP contribution < -0.4 is 0 Å². The minimum Gasteiger partial charge on any atom is -0.306 e. The molecule has 1 rings (SSSR count). The predicted molar refractivity (Wildman–Crippen MR) is 81.9 cm³/mol. The maximum atomic E-state index is 2.38. The summed E-state index contributed by atoms with van der Waals surface area (Å²) in [6.45, 7) is 11.7. The molecule has 1 heteroatoms. The van der Waals surface area contributed by atoms with Crippen LogP contribution in [-0.4, -0.2) is 25.0 Å². The van der Waals surface area contributed by atoms with Crippen molar-refractivity contribution in [1.29, 1.82) is 0 Å². The summed E-state index contributed by atoms with van der Waals surface area (Å²) >= 11 is 0. The van der Waals surface area contributed by atoms with E-state index in [1.165, 1.54) is 25.7 Å². The lowest BCUT2D eigenvalue weighted by molar-refractivity contribution is 0.266. The molecule has 0 radical (unpaired) electrons. The number of nitrogens with zero attached hydrogens (tertiary/aromatic N) is 1. The third kappa shape index (κ3) is 2.56. The zero-order chi connectivity index (χ0) is 13.9. The first-order valence-corrected chi connectivity index (χ1v) is 7.63. The van der Waals surface area contributed by atoms with Crippen molar-refractivity contribution in [1.82, 2.24) is 4.90 Å². The molecule has 0 fully saturated rings. The Kier molecular flexibility index (Phi) is 5.65. The molecule has 0 spiro atoms. The average molecular weight is 249 g/mol. The smallest absolute Gasteiger partial charge is 0.0172 e. The Hall–Kier alpha value is -0.560. The highest BCUT2D eigenvalue weighted by Gasteiger charge is 2.34. The maximum Gasteiger partial charge on any atom is 0.0172 e. The molecule has 0 bridgehead atoms. The van der Waals surface area contributed by atoms with Gasteiger partial charge in [0.1, 0.15) is 0 Å². The van der Waals surface area contributed by atoms with Crippen LogP contribution in [0.4, 0.5) is 0 Å². The van der Waals surface area contributed by atoms with Crippen molar-refractivity contribution in [3.05, 3.63) is 22.3 Å². The quantitative estimate of drug-likeness (QED) is 0.653. The Morgan fingerprint density at radius 1 is 0.833 bits per heavy atom. The average Bonchev–Trinajstić information content (AvgIpc) is 2.69. The normalized spacial score (nSPS) is 19.3. The van der Waals surface area contributed by atoms with Gasteiger partial charge >= 0.3 is 0 Å². The van der Waals surface area contributed by atoms with Gasteiger partial charge in [0.2, 0.25) is 0 Å². The standard InChI is InChI=1S/C17H31N/c1-8-13-14(9-2)16(11-4)17(15(13)10-3)12(5)18(6)7/h12,17H,8-11H2,1-7H3. The Morgan fingerprint density at radius 2 is 1.22 bits per heavy atom. The van der Waals surface area contributed by atoms with Gasteiger partial charge in [-0.15, -0.1) is 0 Å². The number of hydrogen-bond donors (Lipinski definition) is 0. The first kappa shape index (κ1) is 15.5. The molecule has 0 heterocycles. The van der Waals surface area contributed by atoms with E-state index in [4.69, 9.17) is 0 Å². The Morgan fingerprint density at radius 3 is 1.44 bits per heavy atom. The molecule has 0 N–H and O–H groups in total. The minimum absolute atomic E-state index is 0.612. The second-order valence-corrected chi connectivity index (χ2v) is 5.60. The SMILES string of the molecule is CCC1=C(CC)C(C(C)N(C)C)C(CC)=C1CC. The fourth-order valence-electron chi connectivity index (χ4n) is 3.60. The summed E-state index contributed by atoms with van der Waals surface area (Å²) in [4.78, 5) is 2.38. The molecule has 1 aliphatic carbocycles. The van der Waals surface area contributed by atoms with Crippen LogP contribution in [0.5, 0.6) is 0 Å². The Balaban J connectivity index is 3.28. The molecule has 0 aromatic rings. The van der Waals surface area contributed by atoms with E-state index in [0.717, 1.165) is 0 Å². The third-order valence-corrected chi connectivity index (χ3v) is 4.66. The Bertz CT molecular complexity index is 319. The van der Waals surface area contributed by atoms with Gasteiger partial charge in [-0.25, -0.2) is 0 Å². The number of hydrogen-bond acceptors (Lipinski definition) is 1. The van der Waals surface area contributed by atoms with Crippen LogP contribution >= 0.6 is 0 Å². The van der Waals surface area contributed by atoms with Crippen LogP contribution in [0, 0.1) is 5.92 Å². The van der Waals surface area contributed by atoms with E-state index < -0.39 is 0 Å². The maximum absolute atomic E-state index is 2.38. The van der Waals surface area contributed by atoms with Crippen molar-refractivity contribution in [2.45, 2.75) is 66.3 Å². The van der Waals surface area contributed by atoms with Gasteiger partial charge in [-0.2, -0.15) is 0 Å². The number of allylic oxidation sites excluding steroid dienone is 2. The summed E-state index contributed by atoms with van der Waals surface area (Å²) < 4.78 is 0. The first-order valence-electron chi connectivity index (χ1n) is 7.63. The van der Waals surface area contributed by atoms with Crippen molar-refractivity contribution in [3.8, 4) is 0 Å². The van der Waals surface area contributed by atoms with Crippen LogP contribution in [0.15, 0.2) is 22.3 Å². The van der Waals surface area contributed by atoms with E-state index in [-0.39, 0.29) is 0 Å². The molecule has 0 aromatic heterocycles. The summed E-state index contributed by atoms with van der Waals surface area (Å²) in [6, 6.07) is 0.612. The van der Waals surface area contributed by atoms with Gasteiger partial charge in [-0.05, 0) is 57.8 Å². The highest BCUT2D eigenvalue weighted by Crippen LogP contribution is 2.45. The van der Waals surface area contributed by atoms with Crippen LogP contribution in [0.3, 0.4) is 0 Å². The van der Waals surface area contributed by atoms with E-state index in [0.29, 0.717) is 12.0 Å². The van der Waals surface area contributed by atoms with Gasteiger partial charge in [-0.1, -0.05) is 38.8 Å². The molecule has 0 aliphatic heterocycles.